The second-order valence-corrected chi connectivity index (χ2v) is 3.14. The fraction of sp³-hybridized carbons (Fsp3) is 0. The Bertz CT molecular complexity index is 162. The van der Waals surface area contributed by atoms with E-state index in [9.17, 15) is 0 Å². The summed E-state index contributed by atoms with van der Waals surface area (Å²) in [5, 5.41) is 0. The summed E-state index contributed by atoms with van der Waals surface area (Å²) in [4.78, 5) is 29.3. The van der Waals surface area contributed by atoms with Crippen molar-refractivity contribution in [1.82, 2.24) is 0 Å². The summed E-state index contributed by atoms with van der Waals surface area (Å²) in [5.41, 5.74) is 0. The summed E-state index contributed by atoms with van der Waals surface area (Å²) in [5.74, 6) is 0. The van der Waals surface area contributed by atoms with E-state index in [0.717, 1.165) is 0 Å². The molecule has 12 heavy (non-hydrogen) atoms. The van der Waals surface area contributed by atoms with Gasteiger partial charge in [-0.25, -0.2) is 0 Å². The minimum absolute atomic E-state index is 0. The molecule has 0 aromatic rings. The van der Waals surface area contributed by atoms with Crippen LogP contribution in [-0.2, 0) is 32.1 Å². The van der Waals surface area contributed by atoms with Crippen molar-refractivity contribution in [1.29, 1.82) is 0 Å². The first-order chi connectivity index (χ1) is 4.00. The minimum atomic E-state index is -4.67. The van der Waals surface area contributed by atoms with Crippen LogP contribution in [0.2, 0.25) is 0 Å². The fourth-order valence-electron chi connectivity index (χ4n) is 0. The van der Waals surface area contributed by atoms with E-state index < -0.39 is 19.4 Å². The predicted molar refractivity (Wildman–Crippen MR) is 36.8 cm³/mol. The standard InChI is InChI=1S/Mg.H2O4S.H4O4Si.Ti.2H/c;2*1-5(2,3)4;;;/h;(H2,1,2,3,4);1-4H;;;/q+2;;;;2*-1. The molecule has 0 atom stereocenters. The Morgan fingerprint density at radius 1 is 1.00 bits per heavy atom. The molecule has 0 aliphatic carbocycles. The van der Waals surface area contributed by atoms with Crippen molar-refractivity contribution in [2.24, 2.45) is 0 Å². The van der Waals surface area contributed by atoms with Crippen LogP contribution in [0.25, 0.3) is 0 Å². The van der Waals surface area contributed by atoms with Crippen molar-refractivity contribution >= 4 is 42.5 Å². The Hall–Kier alpha value is 1.41. The summed E-state index contributed by atoms with van der Waals surface area (Å²) in [6.07, 6.45) is 0. The average molecular weight is 268 g/mol. The topological polar surface area (TPSA) is 156 Å². The van der Waals surface area contributed by atoms with Gasteiger partial charge in [-0.15, -0.1) is 0 Å². The fourth-order valence-corrected chi connectivity index (χ4v) is 0. The number of hydrogen-bond donors (Lipinski definition) is 6. The van der Waals surface area contributed by atoms with Crippen molar-refractivity contribution in [3.63, 3.8) is 0 Å². The molecule has 0 aromatic carbocycles. The van der Waals surface area contributed by atoms with Crippen LogP contribution in [0.3, 0.4) is 0 Å². The summed E-state index contributed by atoms with van der Waals surface area (Å²) in [6, 6.07) is 0. The maximum Gasteiger partial charge on any atom is 2.00 e. The maximum atomic E-state index is 8.74. The van der Waals surface area contributed by atoms with E-state index in [1.807, 2.05) is 0 Å². The van der Waals surface area contributed by atoms with Gasteiger partial charge >= 0.3 is 42.5 Å². The van der Waals surface area contributed by atoms with Gasteiger partial charge < -0.3 is 22.0 Å². The van der Waals surface area contributed by atoms with Crippen molar-refractivity contribution in [2.45, 2.75) is 0 Å². The molecule has 0 aromatic heterocycles. The molecule has 0 fully saturated rings. The van der Waals surface area contributed by atoms with Gasteiger partial charge in [-0.1, -0.05) is 0 Å². The molecule has 8 nitrogen and oxygen atoms in total. The third-order valence-electron chi connectivity index (χ3n) is 0. The number of rotatable bonds is 0. The van der Waals surface area contributed by atoms with E-state index in [2.05, 4.69) is 0 Å². The van der Waals surface area contributed by atoms with Crippen LogP contribution in [0.4, 0.5) is 0 Å². The van der Waals surface area contributed by atoms with Crippen molar-refractivity contribution in [3.8, 4) is 0 Å². The normalized spacial score (nSPS) is 9.83. The quantitative estimate of drug-likeness (QED) is 0.196. The van der Waals surface area contributed by atoms with Crippen LogP contribution in [0.15, 0.2) is 0 Å². The molecule has 0 aliphatic heterocycles. The molecule has 0 aliphatic rings. The van der Waals surface area contributed by atoms with Gasteiger partial charge in [0.25, 0.3) is 0 Å². The van der Waals surface area contributed by atoms with Crippen molar-refractivity contribution in [2.75, 3.05) is 0 Å². The van der Waals surface area contributed by atoms with Crippen molar-refractivity contribution < 1.29 is 61.3 Å². The number of hydrogen-bond acceptors (Lipinski definition) is 6. The van der Waals surface area contributed by atoms with Gasteiger partial charge in [0.1, 0.15) is 0 Å². The second-order valence-electron chi connectivity index (χ2n) is 1.05. The van der Waals surface area contributed by atoms with E-state index in [1.165, 1.54) is 0 Å². The van der Waals surface area contributed by atoms with E-state index in [0.29, 0.717) is 0 Å². The molecule has 0 saturated heterocycles. The van der Waals surface area contributed by atoms with Crippen LogP contribution < -0.4 is 0 Å². The summed E-state index contributed by atoms with van der Waals surface area (Å²) in [7, 11) is -9.28. The average Bonchev–Trinajstić information content (AvgIpc) is 1.12. The Labute approximate surface area is 103 Å². The molecule has 0 radical (unpaired) electrons. The first-order valence-electron chi connectivity index (χ1n) is 1.59. The molecule has 12 heteroatoms. The van der Waals surface area contributed by atoms with Gasteiger partial charge in [-0.05, 0) is 0 Å². The SMILES string of the molecule is O=S(=O)(O)O.O[Si](O)(O)O.[H-].[H-].[Mg+2].[Ti]. The Balaban J connectivity index is -0.0000000178. The summed E-state index contributed by atoms with van der Waals surface area (Å²) < 4.78 is 31.6. The molecule has 0 amide bonds. The first kappa shape index (κ1) is 23.3. The van der Waals surface area contributed by atoms with Crippen LogP contribution in [0, 0.1) is 0 Å². The molecule has 0 bridgehead atoms. The van der Waals surface area contributed by atoms with Gasteiger partial charge in [0.2, 0.25) is 0 Å². The van der Waals surface area contributed by atoms with Gasteiger partial charge in [-0.3, -0.25) is 9.11 Å². The minimum Gasteiger partial charge on any atom is -1.00 e. The molecule has 6 N–H and O–H groups in total. The van der Waals surface area contributed by atoms with Crippen molar-refractivity contribution in [3.05, 3.63) is 0 Å². The molecule has 0 spiro atoms. The second kappa shape index (κ2) is 8.98. The Kier molecular flexibility index (Phi) is 17.5. The third-order valence-corrected chi connectivity index (χ3v) is 0. The molecular weight excluding hydrogens is 260 g/mol. The molecule has 0 heterocycles. The van der Waals surface area contributed by atoms with E-state index in [1.54, 1.807) is 0 Å². The Morgan fingerprint density at radius 3 is 1.00 bits per heavy atom. The Morgan fingerprint density at radius 2 is 1.00 bits per heavy atom. The zero-order valence-electron chi connectivity index (χ0n) is 7.62. The van der Waals surface area contributed by atoms with E-state index in [-0.39, 0.29) is 47.6 Å². The van der Waals surface area contributed by atoms with Gasteiger partial charge in [0.15, 0.2) is 0 Å². The van der Waals surface area contributed by atoms with Gasteiger partial charge in [0, 0.05) is 21.7 Å². The van der Waals surface area contributed by atoms with Crippen LogP contribution in [0.5, 0.6) is 0 Å². The molecule has 72 valence electrons. The largest absolute Gasteiger partial charge is 2.00 e. The third kappa shape index (κ3) is 624. The van der Waals surface area contributed by atoms with Crippen LogP contribution in [0.1, 0.15) is 2.85 Å². The molecule has 0 rings (SSSR count). The molecule has 0 saturated carbocycles. The molecular formula is H8MgO8SSiTi. The van der Waals surface area contributed by atoms with Crippen LogP contribution in [-0.4, -0.2) is 68.8 Å². The molecule has 0 unspecified atom stereocenters. The van der Waals surface area contributed by atoms with E-state index >= 15 is 0 Å². The monoisotopic (exact) mass is 268 g/mol. The van der Waals surface area contributed by atoms with E-state index in [4.69, 9.17) is 36.7 Å². The smallest absolute Gasteiger partial charge is 1.00 e. The summed E-state index contributed by atoms with van der Waals surface area (Å²) in [6.45, 7) is 0. The zero-order chi connectivity index (χ0) is 9.00. The van der Waals surface area contributed by atoms with Gasteiger partial charge in [-0.2, -0.15) is 8.42 Å². The first-order valence-corrected chi connectivity index (χ1v) is 4.78. The summed E-state index contributed by atoms with van der Waals surface area (Å²) >= 11 is 0. The zero-order valence-corrected chi connectivity index (χ0v) is 10.4. The van der Waals surface area contributed by atoms with Gasteiger partial charge in [0.05, 0.1) is 0 Å². The predicted octanol–water partition coefficient (Wildman–Crippen LogP) is -3.42. The van der Waals surface area contributed by atoms with Crippen LogP contribution >= 0.6 is 0 Å². The maximum absolute atomic E-state index is 8.74.